The van der Waals surface area contributed by atoms with Gasteiger partial charge < -0.3 is 24.4 Å². The van der Waals surface area contributed by atoms with E-state index in [2.05, 4.69) is 0 Å². The first-order chi connectivity index (χ1) is 10.7. The van der Waals surface area contributed by atoms with Gasteiger partial charge in [-0.3, -0.25) is 0 Å². The standard InChI is InChI=1S/C17H16O5/c1-20-15-11-4-3-8-5-10(18)6-9-7-22-16(13(11)12(8)9)17(21-2)14(15)19/h5-6,18-19H,3-4,7H2,1-2H3. The first-order valence-corrected chi connectivity index (χ1v) is 7.13. The number of aromatic hydroxyl groups is 2. The van der Waals surface area contributed by atoms with E-state index in [0.717, 1.165) is 34.2 Å². The van der Waals surface area contributed by atoms with Gasteiger partial charge in [0.15, 0.2) is 11.5 Å². The molecule has 114 valence electrons. The number of rotatable bonds is 2. The lowest BCUT2D eigenvalue weighted by Gasteiger charge is -2.31. The zero-order valence-corrected chi connectivity index (χ0v) is 12.4. The molecule has 5 nitrogen and oxygen atoms in total. The summed E-state index contributed by atoms with van der Waals surface area (Å²) in [4.78, 5) is 0. The van der Waals surface area contributed by atoms with E-state index in [9.17, 15) is 10.2 Å². The Morgan fingerprint density at radius 2 is 1.68 bits per heavy atom. The molecule has 0 unspecified atom stereocenters. The summed E-state index contributed by atoms with van der Waals surface area (Å²) < 4.78 is 16.6. The average Bonchev–Trinajstić information content (AvgIpc) is 2.51. The minimum absolute atomic E-state index is 0.0237. The van der Waals surface area contributed by atoms with Crippen LogP contribution in [0.4, 0.5) is 0 Å². The highest BCUT2D eigenvalue weighted by Gasteiger charge is 2.35. The van der Waals surface area contributed by atoms with E-state index in [1.807, 2.05) is 0 Å². The van der Waals surface area contributed by atoms with Gasteiger partial charge in [0, 0.05) is 16.7 Å². The van der Waals surface area contributed by atoms with Crippen molar-refractivity contribution < 1.29 is 24.4 Å². The minimum atomic E-state index is -0.0237. The molecule has 0 atom stereocenters. The second-order valence-corrected chi connectivity index (χ2v) is 5.53. The smallest absolute Gasteiger partial charge is 0.207 e. The maximum atomic E-state index is 10.4. The van der Waals surface area contributed by atoms with Crippen molar-refractivity contribution >= 4 is 0 Å². The first-order valence-electron chi connectivity index (χ1n) is 7.13. The van der Waals surface area contributed by atoms with Crippen LogP contribution in [0.2, 0.25) is 0 Å². The summed E-state index contributed by atoms with van der Waals surface area (Å²) in [6, 6.07) is 3.52. The summed E-state index contributed by atoms with van der Waals surface area (Å²) in [6.45, 7) is 0.339. The summed E-state index contributed by atoms with van der Waals surface area (Å²) in [5, 5.41) is 20.3. The van der Waals surface area contributed by atoms with E-state index in [1.54, 1.807) is 12.1 Å². The Kier molecular flexibility index (Phi) is 2.66. The molecule has 2 aromatic rings. The lowest BCUT2D eigenvalue weighted by Crippen LogP contribution is -2.16. The number of phenols is 2. The zero-order valence-electron chi connectivity index (χ0n) is 12.4. The molecule has 0 saturated heterocycles. The Morgan fingerprint density at radius 1 is 0.955 bits per heavy atom. The van der Waals surface area contributed by atoms with Crippen molar-refractivity contribution in [3.05, 3.63) is 28.8 Å². The van der Waals surface area contributed by atoms with Gasteiger partial charge in [-0.2, -0.15) is 0 Å². The topological polar surface area (TPSA) is 68.2 Å². The van der Waals surface area contributed by atoms with Crippen molar-refractivity contribution in [1.29, 1.82) is 0 Å². The number of benzene rings is 2. The molecular formula is C17H16O5. The number of hydrogen-bond donors (Lipinski definition) is 2. The summed E-state index contributed by atoms with van der Waals surface area (Å²) in [5.74, 6) is 1.51. The molecular weight excluding hydrogens is 284 g/mol. The molecule has 0 spiro atoms. The SMILES string of the molecule is COc1c(O)c(OC)c2c3c1CCc1cc(O)cc(c1-3)CO2. The van der Waals surface area contributed by atoms with Crippen LogP contribution in [0.25, 0.3) is 11.1 Å². The van der Waals surface area contributed by atoms with Crippen LogP contribution in [-0.4, -0.2) is 24.4 Å². The van der Waals surface area contributed by atoms with Gasteiger partial charge in [-0.25, -0.2) is 0 Å². The van der Waals surface area contributed by atoms with Crippen molar-refractivity contribution in [2.45, 2.75) is 19.4 Å². The van der Waals surface area contributed by atoms with Gasteiger partial charge in [0.2, 0.25) is 11.5 Å². The molecule has 0 fully saturated rings. The van der Waals surface area contributed by atoms with Crippen LogP contribution < -0.4 is 14.2 Å². The van der Waals surface area contributed by atoms with Crippen LogP contribution in [0.15, 0.2) is 12.1 Å². The third-order valence-corrected chi connectivity index (χ3v) is 4.40. The van der Waals surface area contributed by atoms with E-state index in [0.29, 0.717) is 30.3 Å². The largest absolute Gasteiger partial charge is 0.508 e. The highest BCUT2D eigenvalue weighted by atomic mass is 16.5. The summed E-state index contributed by atoms with van der Waals surface area (Å²) in [5.41, 5.74) is 4.93. The second kappa shape index (κ2) is 4.47. The molecule has 0 saturated carbocycles. The Balaban J connectivity index is 2.13. The quantitative estimate of drug-likeness (QED) is 0.892. The number of methoxy groups -OCH3 is 2. The lowest BCUT2D eigenvalue weighted by molar-refractivity contribution is 0.267. The van der Waals surface area contributed by atoms with E-state index < -0.39 is 0 Å². The Labute approximate surface area is 127 Å². The number of hydrogen-bond acceptors (Lipinski definition) is 5. The number of phenolic OH excluding ortho intramolecular Hbond substituents is 2. The molecule has 22 heavy (non-hydrogen) atoms. The molecule has 0 amide bonds. The van der Waals surface area contributed by atoms with Crippen LogP contribution in [0, 0.1) is 0 Å². The maximum absolute atomic E-state index is 10.4. The van der Waals surface area contributed by atoms with Crippen molar-refractivity contribution in [3.63, 3.8) is 0 Å². The van der Waals surface area contributed by atoms with Gasteiger partial charge >= 0.3 is 0 Å². The molecule has 4 rings (SSSR count). The lowest BCUT2D eigenvalue weighted by atomic mass is 9.80. The van der Waals surface area contributed by atoms with Crippen LogP contribution in [0.3, 0.4) is 0 Å². The van der Waals surface area contributed by atoms with Crippen molar-refractivity contribution in [3.8, 4) is 39.9 Å². The summed E-state index contributed by atoms with van der Waals surface area (Å²) in [7, 11) is 3.03. The van der Waals surface area contributed by atoms with Gasteiger partial charge in [-0.15, -0.1) is 0 Å². The Hall–Kier alpha value is -2.56. The zero-order chi connectivity index (χ0) is 15.4. The summed E-state index contributed by atoms with van der Waals surface area (Å²) in [6.07, 6.45) is 1.49. The van der Waals surface area contributed by atoms with Crippen LogP contribution >= 0.6 is 0 Å². The predicted octanol–water partition coefficient (Wildman–Crippen LogP) is 2.77. The average molecular weight is 300 g/mol. The van der Waals surface area contributed by atoms with E-state index in [1.165, 1.54) is 14.2 Å². The normalized spacial score (nSPS) is 14.1. The highest BCUT2D eigenvalue weighted by molar-refractivity contribution is 5.89. The third-order valence-electron chi connectivity index (χ3n) is 4.40. The summed E-state index contributed by atoms with van der Waals surface area (Å²) >= 11 is 0. The molecule has 0 radical (unpaired) electrons. The fourth-order valence-corrected chi connectivity index (χ4v) is 3.56. The van der Waals surface area contributed by atoms with Crippen molar-refractivity contribution in [2.24, 2.45) is 0 Å². The monoisotopic (exact) mass is 300 g/mol. The fourth-order valence-electron chi connectivity index (χ4n) is 3.56. The number of aryl methyl sites for hydroxylation is 1. The van der Waals surface area contributed by atoms with E-state index >= 15 is 0 Å². The highest BCUT2D eigenvalue weighted by Crippen LogP contribution is 2.57. The van der Waals surface area contributed by atoms with Gasteiger partial charge in [0.25, 0.3) is 0 Å². The molecule has 0 bridgehead atoms. The van der Waals surface area contributed by atoms with E-state index in [4.69, 9.17) is 14.2 Å². The molecule has 0 aromatic heterocycles. The molecule has 1 heterocycles. The maximum Gasteiger partial charge on any atom is 0.207 e. The van der Waals surface area contributed by atoms with Crippen LogP contribution in [-0.2, 0) is 19.4 Å². The molecule has 2 N–H and O–H groups in total. The van der Waals surface area contributed by atoms with Gasteiger partial charge in [-0.05, 0) is 36.1 Å². The first kappa shape index (κ1) is 13.1. The molecule has 2 aliphatic rings. The molecule has 1 aliphatic carbocycles. The van der Waals surface area contributed by atoms with Gasteiger partial charge in [0.05, 0.1) is 14.2 Å². The van der Waals surface area contributed by atoms with Gasteiger partial charge in [-0.1, -0.05) is 0 Å². The molecule has 1 aliphatic heterocycles. The predicted molar refractivity (Wildman–Crippen MR) is 80.1 cm³/mol. The van der Waals surface area contributed by atoms with Crippen LogP contribution in [0.5, 0.6) is 28.7 Å². The molecule has 5 heteroatoms. The third kappa shape index (κ3) is 1.53. The fraction of sp³-hybridized carbons (Fsp3) is 0.294. The van der Waals surface area contributed by atoms with Gasteiger partial charge in [0.1, 0.15) is 12.4 Å². The van der Waals surface area contributed by atoms with Crippen molar-refractivity contribution in [2.75, 3.05) is 14.2 Å². The minimum Gasteiger partial charge on any atom is -0.508 e. The Morgan fingerprint density at radius 3 is 2.41 bits per heavy atom. The van der Waals surface area contributed by atoms with Crippen LogP contribution in [0.1, 0.15) is 16.7 Å². The molecule has 2 aromatic carbocycles. The van der Waals surface area contributed by atoms with Crippen molar-refractivity contribution in [1.82, 2.24) is 0 Å². The van der Waals surface area contributed by atoms with E-state index in [-0.39, 0.29) is 11.5 Å². The second-order valence-electron chi connectivity index (χ2n) is 5.53. The number of ether oxygens (including phenoxy) is 3. The Bertz CT molecular complexity index is 736.